The van der Waals surface area contributed by atoms with Gasteiger partial charge in [0.25, 0.3) is 0 Å². The first-order valence-corrected chi connectivity index (χ1v) is 3.78. The van der Waals surface area contributed by atoms with Gasteiger partial charge in [-0.3, -0.25) is 0 Å². The van der Waals surface area contributed by atoms with Gasteiger partial charge in [0, 0.05) is 18.6 Å². The van der Waals surface area contributed by atoms with Gasteiger partial charge in [0.2, 0.25) is 0 Å². The molecule has 0 amide bonds. The van der Waals surface area contributed by atoms with Gasteiger partial charge in [0.05, 0.1) is 0 Å². The van der Waals surface area contributed by atoms with Gasteiger partial charge >= 0.3 is 0 Å². The van der Waals surface area contributed by atoms with Crippen LogP contribution in [-0.4, -0.2) is 18.0 Å². The molecule has 0 aliphatic heterocycles. The Balaban J connectivity index is 3.79. The minimum atomic E-state index is 0.613. The van der Waals surface area contributed by atoms with E-state index < -0.39 is 0 Å². The third kappa shape index (κ3) is 2.97. The van der Waals surface area contributed by atoms with Crippen molar-refractivity contribution in [1.82, 2.24) is 4.90 Å². The van der Waals surface area contributed by atoms with Crippen LogP contribution in [0.1, 0.15) is 13.8 Å². The van der Waals surface area contributed by atoms with E-state index >= 15 is 0 Å². The number of halogens is 2. The summed E-state index contributed by atoms with van der Waals surface area (Å²) in [4.78, 5) is 1.97. The molecule has 0 aliphatic carbocycles. The molecule has 0 aromatic rings. The maximum absolute atomic E-state index is 5.69. The van der Waals surface area contributed by atoms with Crippen molar-refractivity contribution in [1.29, 1.82) is 0 Å². The van der Waals surface area contributed by atoms with Crippen molar-refractivity contribution in [2.24, 2.45) is 0 Å². The highest BCUT2D eigenvalue weighted by molar-refractivity contribution is 6.36. The number of hydrogen-bond acceptors (Lipinski definition) is 1. The Kier molecular flexibility index (Phi) is 5.02. The third-order valence-electron chi connectivity index (χ3n) is 1.16. The Hall–Kier alpha value is 0.120. The first-order valence-electron chi connectivity index (χ1n) is 2.97. The molecular weight excluding hydrogens is 157 g/mol. The van der Waals surface area contributed by atoms with Crippen LogP contribution < -0.4 is 0 Å². The van der Waals surface area contributed by atoms with Crippen LogP contribution in [-0.2, 0) is 0 Å². The summed E-state index contributed by atoms with van der Waals surface area (Å²) in [5.41, 5.74) is 1.38. The molecule has 0 saturated heterocycles. The Morgan fingerprint density at radius 3 is 2.00 bits per heavy atom. The van der Waals surface area contributed by atoms with E-state index in [1.165, 1.54) is 5.54 Å². The van der Waals surface area contributed by atoms with Crippen LogP contribution in [0.2, 0.25) is 0 Å². The van der Waals surface area contributed by atoms with Crippen LogP contribution in [0.5, 0.6) is 0 Å². The summed E-state index contributed by atoms with van der Waals surface area (Å²) in [7, 11) is 0. The first-order chi connectivity index (χ1) is 4.26. The molecule has 0 atom stereocenters. The summed E-state index contributed by atoms with van der Waals surface area (Å²) in [6.07, 6.45) is 0. The summed E-state index contributed by atoms with van der Waals surface area (Å²) >= 11 is 11.1. The largest absolute Gasteiger partial charge is 0.362 e. The topological polar surface area (TPSA) is 3.24 Å². The number of nitrogens with zero attached hydrogens (tertiary/aromatic N) is 1. The monoisotopic (exact) mass is 167 g/mol. The smallest absolute Gasteiger partial charge is 0.116 e. The molecule has 0 N–H and O–H groups in total. The highest BCUT2D eigenvalue weighted by Crippen LogP contribution is 2.08. The lowest BCUT2D eigenvalue weighted by Gasteiger charge is -2.18. The van der Waals surface area contributed by atoms with Crippen molar-refractivity contribution in [2.75, 3.05) is 13.1 Å². The molecule has 0 fully saturated rings. The maximum Gasteiger partial charge on any atom is 0.116 e. The van der Waals surface area contributed by atoms with E-state index in [4.69, 9.17) is 23.2 Å². The zero-order chi connectivity index (χ0) is 7.28. The normalized spacial score (nSPS) is 11.8. The van der Waals surface area contributed by atoms with Crippen molar-refractivity contribution < 1.29 is 0 Å². The van der Waals surface area contributed by atoms with Crippen molar-refractivity contribution >= 4 is 23.2 Å². The van der Waals surface area contributed by atoms with E-state index in [1.54, 1.807) is 0 Å². The molecule has 9 heavy (non-hydrogen) atoms. The first kappa shape index (κ1) is 9.12. The zero-order valence-electron chi connectivity index (χ0n) is 5.69. The lowest BCUT2D eigenvalue weighted by atomic mass is 10.5. The fraction of sp³-hybridized carbons (Fsp3) is 0.667. The minimum Gasteiger partial charge on any atom is -0.362 e. The van der Waals surface area contributed by atoms with Crippen molar-refractivity contribution in [3.63, 3.8) is 0 Å². The number of hydrogen-bond donors (Lipinski definition) is 0. The van der Waals surface area contributed by atoms with Crippen LogP contribution >= 0.6 is 23.2 Å². The van der Waals surface area contributed by atoms with Crippen LogP contribution in [0.25, 0.3) is 0 Å². The van der Waals surface area contributed by atoms with E-state index in [0.717, 1.165) is 13.1 Å². The zero-order valence-corrected chi connectivity index (χ0v) is 7.21. The summed E-state index contributed by atoms with van der Waals surface area (Å²) in [6.45, 7) is 5.87. The second-order valence-electron chi connectivity index (χ2n) is 1.60. The molecule has 0 radical (unpaired) electrons. The van der Waals surface area contributed by atoms with E-state index in [9.17, 15) is 0 Å². The van der Waals surface area contributed by atoms with Crippen LogP contribution in [0, 0.1) is 0 Å². The van der Waals surface area contributed by atoms with E-state index in [-0.39, 0.29) is 0 Å². The van der Waals surface area contributed by atoms with Gasteiger partial charge in [0.15, 0.2) is 0 Å². The molecule has 0 aromatic carbocycles. The summed E-state index contributed by atoms with van der Waals surface area (Å²) in [5, 5.41) is 0.613. The Labute approximate surface area is 66.2 Å². The SMILES string of the molecule is CCN(CC)/C(Cl)=C/Cl. The van der Waals surface area contributed by atoms with Gasteiger partial charge in [-0.2, -0.15) is 0 Å². The maximum atomic E-state index is 5.69. The molecule has 0 bridgehead atoms. The fourth-order valence-electron chi connectivity index (χ4n) is 0.595. The summed E-state index contributed by atoms with van der Waals surface area (Å²) in [6, 6.07) is 0. The van der Waals surface area contributed by atoms with Crippen LogP contribution in [0.4, 0.5) is 0 Å². The lowest BCUT2D eigenvalue weighted by Crippen LogP contribution is -2.18. The molecule has 0 aromatic heterocycles. The van der Waals surface area contributed by atoms with Gasteiger partial charge < -0.3 is 4.90 Å². The fourth-order valence-corrected chi connectivity index (χ4v) is 0.972. The molecule has 0 spiro atoms. The van der Waals surface area contributed by atoms with Crippen LogP contribution in [0.3, 0.4) is 0 Å². The second kappa shape index (κ2) is 4.95. The predicted octanol–water partition coefficient (Wildman–Crippen LogP) is 2.60. The van der Waals surface area contributed by atoms with Gasteiger partial charge in [-0.05, 0) is 13.8 Å². The Morgan fingerprint density at radius 1 is 1.44 bits per heavy atom. The molecule has 0 aliphatic rings. The standard InChI is InChI=1S/C6H11Cl2N/c1-3-9(4-2)6(8)5-7/h5H,3-4H2,1-2H3/b6-5+. The van der Waals surface area contributed by atoms with Crippen LogP contribution in [0.15, 0.2) is 10.7 Å². The minimum absolute atomic E-state index is 0.613. The highest BCUT2D eigenvalue weighted by Gasteiger charge is 1.98. The Bertz CT molecular complexity index is 97.2. The second-order valence-corrected chi connectivity index (χ2v) is 2.21. The third-order valence-corrected chi connectivity index (χ3v) is 1.82. The van der Waals surface area contributed by atoms with Gasteiger partial charge in [-0.25, -0.2) is 0 Å². The van der Waals surface area contributed by atoms with Crippen molar-refractivity contribution in [3.8, 4) is 0 Å². The van der Waals surface area contributed by atoms with E-state index in [0.29, 0.717) is 5.16 Å². The molecule has 0 heterocycles. The molecule has 3 heteroatoms. The predicted molar refractivity (Wildman–Crippen MR) is 42.7 cm³/mol. The summed E-state index contributed by atoms with van der Waals surface area (Å²) in [5.74, 6) is 0. The van der Waals surface area contributed by atoms with E-state index in [1.807, 2.05) is 18.7 Å². The highest BCUT2D eigenvalue weighted by atomic mass is 35.5. The molecule has 0 rings (SSSR count). The number of rotatable bonds is 3. The molecule has 54 valence electrons. The molecular formula is C6H11Cl2N. The Morgan fingerprint density at radius 2 is 1.89 bits per heavy atom. The van der Waals surface area contributed by atoms with Gasteiger partial charge in [-0.1, -0.05) is 23.2 Å². The van der Waals surface area contributed by atoms with Gasteiger partial charge in [0.1, 0.15) is 5.16 Å². The van der Waals surface area contributed by atoms with Gasteiger partial charge in [-0.15, -0.1) is 0 Å². The average molecular weight is 168 g/mol. The quantitative estimate of drug-likeness (QED) is 0.585. The lowest BCUT2D eigenvalue weighted by molar-refractivity contribution is 0.407. The van der Waals surface area contributed by atoms with E-state index in [2.05, 4.69) is 0 Å². The molecule has 0 unspecified atom stereocenters. The van der Waals surface area contributed by atoms with Crippen molar-refractivity contribution in [2.45, 2.75) is 13.8 Å². The van der Waals surface area contributed by atoms with Crippen molar-refractivity contribution in [3.05, 3.63) is 10.7 Å². The summed E-state index contributed by atoms with van der Waals surface area (Å²) < 4.78 is 0. The molecule has 1 nitrogen and oxygen atoms in total. The molecule has 0 saturated carbocycles. The average Bonchev–Trinajstić information content (AvgIpc) is 1.90.